The fraction of sp³-hybridized carbons (Fsp3) is 0.333. The van der Waals surface area contributed by atoms with E-state index in [-0.39, 0.29) is 17.5 Å². The normalized spacial score (nSPS) is 17.2. The molecule has 128 valence electrons. The third kappa shape index (κ3) is 3.74. The van der Waals surface area contributed by atoms with Gasteiger partial charge in [0.2, 0.25) is 5.91 Å². The van der Waals surface area contributed by atoms with Gasteiger partial charge in [-0.05, 0) is 23.9 Å². The zero-order valence-electron chi connectivity index (χ0n) is 13.0. The Bertz CT molecular complexity index is 798. The van der Waals surface area contributed by atoms with Crippen LogP contribution in [0.4, 0.5) is 0 Å². The van der Waals surface area contributed by atoms with E-state index in [4.69, 9.17) is 0 Å². The lowest BCUT2D eigenvalue weighted by Crippen LogP contribution is -2.36. The topological polar surface area (TPSA) is 86.4 Å². The van der Waals surface area contributed by atoms with Crippen LogP contribution in [0.5, 0.6) is 0 Å². The molecular formula is C15H18N4O3S2. The molecule has 0 radical (unpaired) electrons. The smallest absolute Gasteiger partial charge is 0.260 e. The number of aromatic amines is 1. The minimum Gasteiger partial charge on any atom is -0.338 e. The number of thiophene rings is 1. The first-order valence-electron chi connectivity index (χ1n) is 7.56. The van der Waals surface area contributed by atoms with Crippen molar-refractivity contribution in [3.8, 4) is 0 Å². The molecule has 1 aliphatic rings. The van der Waals surface area contributed by atoms with Crippen LogP contribution in [0.15, 0.2) is 41.1 Å². The van der Waals surface area contributed by atoms with E-state index < -0.39 is 10.0 Å². The minimum absolute atomic E-state index is 0.0832. The number of nitrogens with one attached hydrogen (secondary N) is 1. The average molecular weight is 366 g/mol. The number of nitrogens with zero attached hydrogens (tertiary/aromatic N) is 3. The maximum absolute atomic E-state index is 12.5. The molecular weight excluding hydrogens is 348 g/mol. The van der Waals surface area contributed by atoms with E-state index in [1.807, 2.05) is 17.5 Å². The van der Waals surface area contributed by atoms with E-state index in [1.54, 1.807) is 28.4 Å². The van der Waals surface area contributed by atoms with Crippen LogP contribution in [0.3, 0.4) is 0 Å². The second kappa shape index (κ2) is 7.29. The SMILES string of the molecule is O=C(/C=C/c1cccs1)N1CCCN(S(=O)(=O)c2cnc[nH]2)CC1. The van der Waals surface area contributed by atoms with Crippen molar-refractivity contribution in [3.63, 3.8) is 0 Å². The molecule has 1 amide bonds. The standard InChI is InChI=1S/C15H18N4O3S2/c20-15(5-4-13-3-1-10-23-13)18-6-2-7-19(9-8-18)24(21,22)14-11-16-12-17-14/h1,3-5,10-12H,2,6-9H2,(H,16,17)/b5-4+. The van der Waals surface area contributed by atoms with Crippen LogP contribution in [-0.4, -0.2) is 59.7 Å². The van der Waals surface area contributed by atoms with Crippen LogP contribution < -0.4 is 0 Å². The van der Waals surface area contributed by atoms with Crippen molar-refractivity contribution in [1.29, 1.82) is 0 Å². The summed E-state index contributed by atoms with van der Waals surface area (Å²) in [7, 11) is -3.58. The van der Waals surface area contributed by atoms with Crippen molar-refractivity contribution < 1.29 is 13.2 Å². The minimum atomic E-state index is -3.58. The first-order chi connectivity index (χ1) is 11.6. The predicted molar refractivity (Wildman–Crippen MR) is 91.9 cm³/mol. The molecule has 3 heterocycles. The number of aromatic nitrogens is 2. The predicted octanol–water partition coefficient (Wildman–Crippen LogP) is 1.41. The fourth-order valence-electron chi connectivity index (χ4n) is 2.52. The second-order valence-electron chi connectivity index (χ2n) is 5.35. The third-order valence-electron chi connectivity index (χ3n) is 3.79. The highest BCUT2D eigenvalue weighted by Gasteiger charge is 2.28. The van der Waals surface area contributed by atoms with E-state index >= 15 is 0 Å². The molecule has 1 fully saturated rings. The molecule has 2 aromatic heterocycles. The molecule has 0 aromatic carbocycles. The molecule has 3 rings (SSSR count). The van der Waals surface area contributed by atoms with E-state index in [1.165, 1.54) is 16.8 Å². The maximum Gasteiger partial charge on any atom is 0.260 e. The molecule has 1 N–H and O–H groups in total. The molecule has 0 saturated carbocycles. The van der Waals surface area contributed by atoms with E-state index in [0.29, 0.717) is 26.1 Å². The van der Waals surface area contributed by atoms with Crippen LogP contribution in [0.1, 0.15) is 11.3 Å². The highest BCUT2D eigenvalue weighted by atomic mass is 32.2. The maximum atomic E-state index is 12.5. The largest absolute Gasteiger partial charge is 0.338 e. The molecule has 0 atom stereocenters. The Kier molecular flexibility index (Phi) is 5.12. The number of carbonyl (C=O) groups excluding carboxylic acids is 1. The van der Waals surface area contributed by atoms with Crippen molar-refractivity contribution in [2.75, 3.05) is 26.2 Å². The van der Waals surface area contributed by atoms with Gasteiger partial charge in [-0.15, -0.1) is 11.3 Å². The Morgan fingerprint density at radius 3 is 2.88 bits per heavy atom. The van der Waals surface area contributed by atoms with Crippen LogP contribution in [-0.2, 0) is 14.8 Å². The van der Waals surface area contributed by atoms with Gasteiger partial charge in [-0.1, -0.05) is 6.07 Å². The van der Waals surface area contributed by atoms with Crippen molar-refractivity contribution in [3.05, 3.63) is 41.0 Å². The zero-order chi connectivity index (χ0) is 17.0. The summed E-state index contributed by atoms with van der Waals surface area (Å²) in [5.74, 6) is -0.0933. The quantitative estimate of drug-likeness (QED) is 0.829. The monoisotopic (exact) mass is 366 g/mol. The first kappa shape index (κ1) is 16.9. The van der Waals surface area contributed by atoms with E-state index in [9.17, 15) is 13.2 Å². The van der Waals surface area contributed by atoms with E-state index in [0.717, 1.165) is 4.88 Å². The van der Waals surface area contributed by atoms with Gasteiger partial charge < -0.3 is 9.88 Å². The average Bonchev–Trinajstić information content (AvgIpc) is 3.22. The highest BCUT2D eigenvalue weighted by molar-refractivity contribution is 7.89. The van der Waals surface area contributed by atoms with Gasteiger partial charge >= 0.3 is 0 Å². The lowest BCUT2D eigenvalue weighted by atomic mass is 10.3. The van der Waals surface area contributed by atoms with Gasteiger partial charge in [0.25, 0.3) is 10.0 Å². The number of sulfonamides is 1. The van der Waals surface area contributed by atoms with Gasteiger partial charge in [0.05, 0.1) is 12.5 Å². The number of H-pyrrole nitrogens is 1. The molecule has 9 heteroatoms. The first-order valence-corrected chi connectivity index (χ1v) is 9.88. The molecule has 0 unspecified atom stereocenters. The summed E-state index contributed by atoms with van der Waals surface area (Å²) >= 11 is 1.56. The Morgan fingerprint density at radius 2 is 2.17 bits per heavy atom. The van der Waals surface area contributed by atoms with Crippen molar-refractivity contribution >= 4 is 33.3 Å². The van der Waals surface area contributed by atoms with Crippen LogP contribution >= 0.6 is 11.3 Å². The third-order valence-corrected chi connectivity index (χ3v) is 6.45. The number of carbonyl (C=O) groups is 1. The van der Waals surface area contributed by atoms with Gasteiger partial charge in [0.1, 0.15) is 0 Å². The summed E-state index contributed by atoms with van der Waals surface area (Å²) in [6.45, 7) is 1.59. The lowest BCUT2D eigenvalue weighted by molar-refractivity contribution is -0.125. The summed E-state index contributed by atoms with van der Waals surface area (Å²) in [4.78, 5) is 21.4. The molecule has 2 aromatic rings. The second-order valence-corrected chi connectivity index (χ2v) is 8.23. The molecule has 0 aliphatic carbocycles. The number of hydrogen-bond acceptors (Lipinski definition) is 5. The van der Waals surface area contributed by atoms with Gasteiger partial charge in [-0.2, -0.15) is 4.31 Å². The summed E-state index contributed by atoms with van der Waals surface area (Å²) in [5.41, 5.74) is 0. The van der Waals surface area contributed by atoms with Crippen molar-refractivity contribution in [2.45, 2.75) is 11.4 Å². The van der Waals surface area contributed by atoms with Crippen LogP contribution in [0, 0.1) is 0 Å². The van der Waals surface area contributed by atoms with Gasteiger partial charge in [-0.25, -0.2) is 13.4 Å². The number of imidazole rings is 1. The summed E-state index contributed by atoms with van der Waals surface area (Å²) < 4.78 is 26.4. The molecule has 0 spiro atoms. The number of hydrogen-bond donors (Lipinski definition) is 1. The summed E-state index contributed by atoms with van der Waals surface area (Å²) in [6, 6.07) is 3.87. The molecule has 1 saturated heterocycles. The fourth-order valence-corrected chi connectivity index (χ4v) is 4.51. The Labute approximate surface area is 144 Å². The Morgan fingerprint density at radius 1 is 1.29 bits per heavy atom. The van der Waals surface area contributed by atoms with Crippen LogP contribution in [0.25, 0.3) is 6.08 Å². The number of rotatable bonds is 4. The lowest BCUT2D eigenvalue weighted by Gasteiger charge is -2.20. The Hall–Kier alpha value is -1.97. The summed E-state index contributed by atoms with van der Waals surface area (Å²) in [5, 5.41) is 2.04. The van der Waals surface area contributed by atoms with Crippen molar-refractivity contribution in [2.24, 2.45) is 0 Å². The molecule has 1 aliphatic heterocycles. The van der Waals surface area contributed by atoms with E-state index in [2.05, 4.69) is 9.97 Å². The summed E-state index contributed by atoms with van der Waals surface area (Å²) in [6.07, 6.45) is 6.58. The number of amides is 1. The van der Waals surface area contributed by atoms with Crippen molar-refractivity contribution in [1.82, 2.24) is 19.2 Å². The van der Waals surface area contributed by atoms with Gasteiger partial charge in [0.15, 0.2) is 5.03 Å². The molecule has 0 bridgehead atoms. The molecule has 24 heavy (non-hydrogen) atoms. The van der Waals surface area contributed by atoms with Gasteiger partial charge in [-0.3, -0.25) is 4.79 Å². The highest BCUT2D eigenvalue weighted by Crippen LogP contribution is 2.16. The zero-order valence-corrected chi connectivity index (χ0v) is 14.6. The molecule has 7 nitrogen and oxygen atoms in total. The Balaban J connectivity index is 1.64. The van der Waals surface area contributed by atoms with Gasteiger partial charge in [0, 0.05) is 37.1 Å². The van der Waals surface area contributed by atoms with Crippen LogP contribution in [0.2, 0.25) is 0 Å².